The quantitative estimate of drug-likeness (QED) is 0.867. The summed E-state index contributed by atoms with van der Waals surface area (Å²) >= 11 is 5.84. The summed E-state index contributed by atoms with van der Waals surface area (Å²) in [6.45, 7) is 1.12. The summed E-state index contributed by atoms with van der Waals surface area (Å²) in [4.78, 5) is 0. The van der Waals surface area contributed by atoms with E-state index in [1.807, 2.05) is 0 Å². The van der Waals surface area contributed by atoms with E-state index in [9.17, 15) is 4.39 Å². The Kier molecular flexibility index (Phi) is 3.31. The maximum absolute atomic E-state index is 13.7. The first-order valence-electron chi connectivity index (χ1n) is 5.76. The summed E-state index contributed by atoms with van der Waals surface area (Å²) in [5.41, 5.74) is 0.732. The minimum atomic E-state index is -0.389. The third-order valence-electron chi connectivity index (χ3n) is 2.74. The highest BCUT2D eigenvalue weighted by molar-refractivity contribution is 6.30. The highest BCUT2D eigenvalue weighted by Crippen LogP contribution is 2.25. The molecule has 0 spiro atoms. The lowest BCUT2D eigenvalue weighted by Gasteiger charge is -2.25. The second-order valence-corrected chi connectivity index (χ2v) is 4.59. The number of benzene rings is 1. The van der Waals surface area contributed by atoms with E-state index in [0.717, 1.165) is 0 Å². The molecule has 1 fully saturated rings. The SMILES string of the molecule is Fc1ccc(Cl)cc1-c1ccc(OC2COC2)nn1. The van der Waals surface area contributed by atoms with Crippen LogP contribution in [-0.4, -0.2) is 29.5 Å². The minimum Gasteiger partial charge on any atom is -0.468 e. The van der Waals surface area contributed by atoms with Crippen molar-refractivity contribution in [1.29, 1.82) is 0 Å². The number of rotatable bonds is 3. The Morgan fingerprint density at radius 2 is 2.05 bits per heavy atom. The fourth-order valence-corrected chi connectivity index (χ4v) is 1.85. The average molecular weight is 281 g/mol. The Bertz CT molecular complexity index is 588. The Morgan fingerprint density at radius 3 is 2.68 bits per heavy atom. The van der Waals surface area contributed by atoms with Gasteiger partial charge in [-0.25, -0.2) is 4.39 Å². The number of aromatic nitrogens is 2. The van der Waals surface area contributed by atoms with Crippen LogP contribution in [0.25, 0.3) is 11.3 Å². The molecule has 1 aromatic heterocycles. The smallest absolute Gasteiger partial charge is 0.233 e. The molecule has 1 aliphatic heterocycles. The molecule has 0 bridgehead atoms. The van der Waals surface area contributed by atoms with Gasteiger partial charge in [0.1, 0.15) is 11.9 Å². The normalized spacial score (nSPS) is 15.1. The summed E-state index contributed by atoms with van der Waals surface area (Å²) in [6.07, 6.45) is 0.0306. The molecular formula is C13H10ClFN2O2. The van der Waals surface area contributed by atoms with Gasteiger partial charge in [0.25, 0.3) is 0 Å². The van der Waals surface area contributed by atoms with E-state index in [2.05, 4.69) is 10.2 Å². The topological polar surface area (TPSA) is 44.2 Å². The summed E-state index contributed by atoms with van der Waals surface area (Å²) in [6, 6.07) is 7.61. The highest BCUT2D eigenvalue weighted by atomic mass is 35.5. The van der Waals surface area contributed by atoms with E-state index < -0.39 is 0 Å². The molecule has 0 amide bonds. The van der Waals surface area contributed by atoms with Crippen LogP contribution in [0.4, 0.5) is 4.39 Å². The number of halogens is 2. The number of hydrogen-bond donors (Lipinski definition) is 0. The van der Waals surface area contributed by atoms with Gasteiger partial charge in [-0.15, -0.1) is 10.2 Å². The maximum Gasteiger partial charge on any atom is 0.233 e. The first-order valence-corrected chi connectivity index (χ1v) is 6.14. The van der Waals surface area contributed by atoms with Crippen molar-refractivity contribution in [1.82, 2.24) is 10.2 Å². The van der Waals surface area contributed by atoms with Crippen molar-refractivity contribution >= 4 is 11.6 Å². The molecule has 4 nitrogen and oxygen atoms in total. The van der Waals surface area contributed by atoms with Gasteiger partial charge in [0.05, 0.1) is 18.9 Å². The van der Waals surface area contributed by atoms with Gasteiger partial charge in [-0.1, -0.05) is 11.6 Å². The van der Waals surface area contributed by atoms with E-state index in [0.29, 0.717) is 35.4 Å². The van der Waals surface area contributed by atoms with E-state index in [4.69, 9.17) is 21.1 Å². The lowest BCUT2D eigenvalue weighted by Crippen LogP contribution is -2.38. The lowest BCUT2D eigenvalue weighted by atomic mass is 10.1. The van der Waals surface area contributed by atoms with Crippen LogP contribution >= 0.6 is 11.6 Å². The summed E-state index contributed by atoms with van der Waals surface area (Å²) in [5.74, 6) is 0.0132. The zero-order chi connectivity index (χ0) is 13.2. The van der Waals surface area contributed by atoms with Gasteiger partial charge in [0.2, 0.25) is 5.88 Å². The summed E-state index contributed by atoms with van der Waals surface area (Å²) in [5, 5.41) is 8.31. The average Bonchev–Trinajstić information content (AvgIpc) is 2.38. The fourth-order valence-electron chi connectivity index (χ4n) is 1.67. The molecule has 0 radical (unpaired) electrons. The second kappa shape index (κ2) is 5.11. The van der Waals surface area contributed by atoms with Crippen molar-refractivity contribution < 1.29 is 13.9 Å². The molecule has 0 atom stereocenters. The molecule has 0 unspecified atom stereocenters. The van der Waals surface area contributed by atoms with Crippen molar-refractivity contribution in [2.24, 2.45) is 0 Å². The Balaban J connectivity index is 1.83. The predicted octanol–water partition coefficient (Wildman–Crippen LogP) is 2.71. The van der Waals surface area contributed by atoms with Gasteiger partial charge in [0.15, 0.2) is 0 Å². The van der Waals surface area contributed by atoms with E-state index in [1.165, 1.54) is 18.2 Å². The second-order valence-electron chi connectivity index (χ2n) is 4.16. The zero-order valence-electron chi connectivity index (χ0n) is 9.85. The molecule has 1 aromatic carbocycles. The van der Waals surface area contributed by atoms with Crippen molar-refractivity contribution in [3.8, 4) is 17.1 Å². The van der Waals surface area contributed by atoms with Crippen LogP contribution in [-0.2, 0) is 4.74 Å². The molecule has 3 rings (SSSR count). The van der Waals surface area contributed by atoms with Crippen LogP contribution in [0.15, 0.2) is 30.3 Å². The van der Waals surface area contributed by atoms with Gasteiger partial charge >= 0.3 is 0 Å². The molecule has 0 aliphatic carbocycles. The number of nitrogens with zero attached hydrogens (tertiary/aromatic N) is 2. The Morgan fingerprint density at radius 1 is 1.21 bits per heavy atom. The molecule has 19 heavy (non-hydrogen) atoms. The molecule has 1 aliphatic rings. The fraction of sp³-hybridized carbons (Fsp3) is 0.231. The van der Waals surface area contributed by atoms with Crippen LogP contribution < -0.4 is 4.74 Å². The van der Waals surface area contributed by atoms with Crippen molar-refractivity contribution in [3.63, 3.8) is 0 Å². The van der Waals surface area contributed by atoms with Crippen LogP contribution in [0.5, 0.6) is 5.88 Å². The first kappa shape index (κ1) is 12.3. The van der Waals surface area contributed by atoms with Gasteiger partial charge in [0, 0.05) is 16.7 Å². The minimum absolute atomic E-state index is 0.0306. The van der Waals surface area contributed by atoms with Gasteiger partial charge in [-0.2, -0.15) is 0 Å². The molecule has 2 heterocycles. The standard InChI is InChI=1S/C13H10ClFN2O2/c14-8-1-2-11(15)10(5-8)12-3-4-13(17-16-12)19-9-6-18-7-9/h1-5,9H,6-7H2. The molecule has 6 heteroatoms. The van der Waals surface area contributed by atoms with Gasteiger partial charge in [-0.05, 0) is 24.3 Å². The summed E-state index contributed by atoms with van der Waals surface area (Å²) in [7, 11) is 0. The molecule has 0 N–H and O–H groups in total. The van der Waals surface area contributed by atoms with Crippen molar-refractivity contribution in [2.75, 3.05) is 13.2 Å². The summed E-state index contributed by atoms with van der Waals surface area (Å²) < 4.78 is 24.1. The van der Waals surface area contributed by atoms with Crippen LogP contribution in [0.3, 0.4) is 0 Å². The third kappa shape index (κ3) is 2.67. The lowest BCUT2D eigenvalue weighted by molar-refractivity contribution is -0.0816. The highest BCUT2D eigenvalue weighted by Gasteiger charge is 2.20. The van der Waals surface area contributed by atoms with Crippen LogP contribution in [0.1, 0.15) is 0 Å². The largest absolute Gasteiger partial charge is 0.468 e. The van der Waals surface area contributed by atoms with Gasteiger partial charge in [-0.3, -0.25) is 0 Å². The van der Waals surface area contributed by atoms with Crippen molar-refractivity contribution in [2.45, 2.75) is 6.10 Å². The zero-order valence-corrected chi connectivity index (χ0v) is 10.6. The van der Waals surface area contributed by atoms with E-state index in [-0.39, 0.29) is 11.9 Å². The first-order chi connectivity index (χ1) is 9.22. The van der Waals surface area contributed by atoms with E-state index >= 15 is 0 Å². The molecule has 1 saturated heterocycles. The van der Waals surface area contributed by atoms with E-state index in [1.54, 1.807) is 12.1 Å². The Hall–Kier alpha value is -1.72. The van der Waals surface area contributed by atoms with Crippen molar-refractivity contribution in [3.05, 3.63) is 41.2 Å². The molecule has 0 saturated carbocycles. The number of ether oxygens (including phenoxy) is 2. The molecular weight excluding hydrogens is 271 g/mol. The third-order valence-corrected chi connectivity index (χ3v) is 2.97. The van der Waals surface area contributed by atoms with Crippen LogP contribution in [0, 0.1) is 5.82 Å². The maximum atomic E-state index is 13.7. The monoisotopic (exact) mass is 280 g/mol. The van der Waals surface area contributed by atoms with Gasteiger partial charge < -0.3 is 9.47 Å². The molecule has 98 valence electrons. The predicted molar refractivity (Wildman–Crippen MR) is 67.7 cm³/mol. The van der Waals surface area contributed by atoms with Crippen LogP contribution in [0.2, 0.25) is 5.02 Å². The molecule has 2 aromatic rings. The Labute approximate surface area is 114 Å². The number of hydrogen-bond acceptors (Lipinski definition) is 4.